The minimum atomic E-state index is 0.289. The number of aliphatic hydroxyl groups is 1. The summed E-state index contributed by atoms with van der Waals surface area (Å²) in [5.41, 5.74) is 5.80. The first-order chi connectivity index (χ1) is 47.0. The first-order valence-electron chi connectivity index (χ1n) is 40.9. The highest BCUT2D eigenvalue weighted by Gasteiger charge is 2.26. The summed E-state index contributed by atoms with van der Waals surface area (Å²) in [6.45, 7) is 65.6. The zero-order chi connectivity index (χ0) is 77.0. The van der Waals surface area contributed by atoms with Crippen molar-refractivity contribution in [3.63, 3.8) is 0 Å². The van der Waals surface area contributed by atoms with Crippen LogP contribution in [0, 0.1) is 5.92 Å². The van der Waals surface area contributed by atoms with Crippen molar-refractivity contribution in [2.75, 3.05) is 181 Å². The third-order valence-corrected chi connectivity index (χ3v) is 18.1. The smallest absolute Gasteiger partial charge is 0.0486 e. The number of likely N-dealkylation sites (tertiary alicyclic amines) is 1. The van der Waals surface area contributed by atoms with Gasteiger partial charge in [0.05, 0.1) is 0 Å². The number of nitrogens with one attached hydrogen (secondary N) is 14. The van der Waals surface area contributed by atoms with Gasteiger partial charge in [-0.25, -0.2) is 0 Å². The number of rotatable bonds is 29. The molecule has 100 heavy (non-hydrogen) atoms. The van der Waals surface area contributed by atoms with Crippen LogP contribution in [-0.4, -0.2) is 320 Å². The van der Waals surface area contributed by atoms with Gasteiger partial charge in [0, 0.05) is 193 Å². The third-order valence-electron chi connectivity index (χ3n) is 18.1. The summed E-state index contributed by atoms with van der Waals surface area (Å²) >= 11 is 0. The van der Waals surface area contributed by atoms with E-state index in [0.717, 1.165) is 95.7 Å². The van der Waals surface area contributed by atoms with E-state index < -0.39 is 0 Å². The Kier molecular flexibility index (Phi) is 73.7. The molecule has 5 heterocycles. The Balaban J connectivity index is -0.000000513. The molecule has 0 aromatic rings. The fourth-order valence-electron chi connectivity index (χ4n) is 11.9. The predicted molar refractivity (Wildman–Crippen MR) is 447 cm³/mol. The number of hydrogen-bond acceptors (Lipinski definition) is 21. The number of nitrogens with two attached hydrogens (primary N) is 1. The van der Waals surface area contributed by atoms with E-state index in [0.29, 0.717) is 84.5 Å². The Morgan fingerprint density at radius 2 is 0.860 bits per heavy atom. The SMILES string of the molecule is CC(C)N(C)CCN(C)C.CC(C)NC1CCC(N)CC1.CC(C)NC1CCCNCC1.CC(C)NC1CCN(C)C1.CC(C)NC1CCNC(C)C1.CC(C)NC1CCNCC1.CC(C)NC1CNCC1CO.CC(C)NCCN(C)C.CNCCN(C)C(C)C.CNCCNC(C)C. The quantitative estimate of drug-likeness (QED) is 0.0350. The Bertz CT molecular complexity index is 1600. The summed E-state index contributed by atoms with van der Waals surface area (Å²) in [5, 5.41) is 56.4. The molecule has 17 N–H and O–H groups in total. The number of piperidine rings is 2. The molecule has 0 aromatic heterocycles. The molecule has 0 aromatic carbocycles. The van der Waals surface area contributed by atoms with Gasteiger partial charge in [-0.3, -0.25) is 0 Å². The van der Waals surface area contributed by atoms with E-state index >= 15 is 0 Å². The van der Waals surface area contributed by atoms with Gasteiger partial charge in [-0.2, -0.15) is 0 Å². The van der Waals surface area contributed by atoms with Crippen LogP contribution < -0.4 is 80.2 Å². The molecule has 6 atom stereocenters. The van der Waals surface area contributed by atoms with Crippen molar-refractivity contribution in [1.29, 1.82) is 0 Å². The minimum Gasteiger partial charge on any atom is -0.396 e. The van der Waals surface area contributed by atoms with Gasteiger partial charge in [0.15, 0.2) is 0 Å². The average molecular weight is 1430 g/mol. The first-order valence-corrected chi connectivity index (χ1v) is 40.9. The Hall–Kier alpha value is -0.840. The zero-order valence-electron chi connectivity index (χ0n) is 72.4. The van der Waals surface area contributed by atoms with E-state index in [1.54, 1.807) is 0 Å². The molecule has 6 fully saturated rings. The average Bonchev–Trinajstić information content (AvgIpc) is 1.70. The van der Waals surface area contributed by atoms with Crippen molar-refractivity contribution in [2.24, 2.45) is 11.7 Å². The van der Waals surface area contributed by atoms with Gasteiger partial charge in [-0.15, -0.1) is 0 Å². The molecular weight excluding hydrogens is 1250 g/mol. The molecule has 1 saturated carbocycles. The second kappa shape index (κ2) is 69.9. The van der Waals surface area contributed by atoms with Gasteiger partial charge in [-0.1, -0.05) is 111 Å². The van der Waals surface area contributed by atoms with Crippen molar-refractivity contribution in [2.45, 2.75) is 331 Å². The lowest BCUT2D eigenvalue weighted by molar-refractivity contribution is 0.212. The molecule has 0 amide bonds. The predicted octanol–water partition coefficient (Wildman–Crippen LogP) is 6.68. The van der Waals surface area contributed by atoms with Crippen molar-refractivity contribution in [1.82, 2.24) is 98.9 Å². The van der Waals surface area contributed by atoms with Crippen LogP contribution in [0.3, 0.4) is 0 Å². The molecule has 608 valence electrons. The van der Waals surface area contributed by atoms with E-state index in [-0.39, 0.29) is 6.61 Å². The van der Waals surface area contributed by atoms with E-state index in [1.807, 2.05) is 14.1 Å². The molecule has 5 aliphatic heterocycles. The molecule has 6 unspecified atom stereocenters. The van der Waals surface area contributed by atoms with Crippen LogP contribution >= 0.6 is 0 Å². The van der Waals surface area contributed by atoms with Gasteiger partial charge in [-0.05, 0) is 214 Å². The lowest BCUT2D eigenvalue weighted by Gasteiger charge is -2.30. The maximum Gasteiger partial charge on any atom is 0.0486 e. The molecule has 6 aliphatic rings. The number of aliphatic hydroxyl groups excluding tert-OH is 1. The summed E-state index contributed by atoms with van der Waals surface area (Å²) in [4.78, 5) is 11.4. The van der Waals surface area contributed by atoms with E-state index in [1.165, 1.54) is 123 Å². The Labute approximate surface area is 625 Å². The van der Waals surface area contributed by atoms with E-state index in [2.05, 4.69) is 294 Å². The summed E-state index contributed by atoms with van der Waals surface area (Å²) in [6, 6.07) is 11.6. The van der Waals surface area contributed by atoms with Crippen LogP contribution in [0.5, 0.6) is 0 Å². The summed E-state index contributed by atoms with van der Waals surface area (Å²) in [7, 11) is 18.8. The highest BCUT2D eigenvalue weighted by molar-refractivity contribution is 4.87. The van der Waals surface area contributed by atoms with Gasteiger partial charge in [0.2, 0.25) is 0 Å². The second-order valence-corrected chi connectivity index (χ2v) is 33.2. The van der Waals surface area contributed by atoms with Gasteiger partial charge in [0.1, 0.15) is 0 Å². The van der Waals surface area contributed by atoms with Crippen molar-refractivity contribution in [3.05, 3.63) is 0 Å². The maximum atomic E-state index is 8.97. The molecule has 0 bridgehead atoms. The summed E-state index contributed by atoms with van der Waals surface area (Å²) in [5.74, 6) is 0.400. The first kappa shape index (κ1) is 106. The summed E-state index contributed by atoms with van der Waals surface area (Å²) < 4.78 is 0. The highest BCUT2D eigenvalue weighted by atomic mass is 16.3. The topological polar surface area (TPSA) is 231 Å². The lowest BCUT2D eigenvalue weighted by atomic mass is 9.91. The second-order valence-electron chi connectivity index (χ2n) is 33.2. The molecule has 0 spiro atoms. The molecule has 21 heteroatoms. The van der Waals surface area contributed by atoms with E-state index in [9.17, 15) is 0 Å². The highest BCUT2D eigenvalue weighted by Crippen LogP contribution is 2.17. The van der Waals surface area contributed by atoms with Crippen LogP contribution in [0.4, 0.5) is 0 Å². The third kappa shape index (κ3) is 75.4. The lowest BCUT2D eigenvalue weighted by Crippen LogP contribution is -2.46. The fourth-order valence-corrected chi connectivity index (χ4v) is 11.9. The molecule has 21 nitrogen and oxygen atoms in total. The normalized spacial score (nSPS) is 22.7. The monoisotopic (exact) mass is 1430 g/mol. The summed E-state index contributed by atoms with van der Waals surface area (Å²) in [6.07, 6.45) is 15.3. The number of likely N-dealkylation sites (N-methyl/N-ethyl adjacent to an activating group) is 7. The minimum absolute atomic E-state index is 0.289. The van der Waals surface area contributed by atoms with Crippen molar-refractivity contribution >= 4 is 0 Å². The standard InChI is InChI=1S/3C9H20N2.C8H18N2O.2C8H18N2.C8H20N2.2C7H18N2.C6H16N2/c1-7(2)11-9-4-5-10-8(3)6-9;1-7(2)11-9-5-3-8(10)4-6-9;1-8(2)11-9-4-3-6-10-7-5-9;1-6(2)10-8-4-9-3-7(8)5-11;1-7(2)9-8-4-5-10(3)6-8;1-7(2)10-8-3-5-9-6-4-8;1-8(2)10(5)7-6-9(3)4;1-7(2)8-5-6-9(3)4;1-7(2)9(4)6-5-8-3;1-6(2)8-5-4-7-3/h7-11H,4-6H2,1-3H3;7-9,11H,3-6,10H2,1-2H3;8-11H,3-7H2,1-2H3;6-11H,3-5H2,1-2H3;7-9H,4-6H2,1-3H3;7-10H,3-6H2,1-2H3;8H,6-7H2,1-5H3;2*7-8H,5-6H2,1-4H3;6-8H,4-5H2,1-3H3. The zero-order valence-corrected chi connectivity index (χ0v) is 72.4. The van der Waals surface area contributed by atoms with Crippen LogP contribution in [0.25, 0.3) is 0 Å². The largest absolute Gasteiger partial charge is 0.396 e. The van der Waals surface area contributed by atoms with E-state index in [4.69, 9.17) is 10.8 Å². The van der Waals surface area contributed by atoms with Crippen LogP contribution in [-0.2, 0) is 0 Å². The van der Waals surface area contributed by atoms with Crippen LogP contribution in [0.1, 0.15) is 222 Å². The fraction of sp³-hybridized carbons (Fsp3) is 1.00. The van der Waals surface area contributed by atoms with Gasteiger partial charge in [0.25, 0.3) is 0 Å². The maximum absolute atomic E-state index is 8.97. The van der Waals surface area contributed by atoms with Crippen LogP contribution in [0.15, 0.2) is 0 Å². The Morgan fingerprint density at radius 3 is 1.28 bits per heavy atom. The molecule has 0 radical (unpaired) electrons. The van der Waals surface area contributed by atoms with Crippen molar-refractivity contribution < 1.29 is 5.11 Å². The number of nitrogens with zero attached hydrogens (tertiary/aromatic N) is 5. The van der Waals surface area contributed by atoms with Gasteiger partial charge >= 0.3 is 0 Å². The van der Waals surface area contributed by atoms with Crippen molar-refractivity contribution in [3.8, 4) is 0 Å². The van der Waals surface area contributed by atoms with Crippen LogP contribution in [0.2, 0.25) is 0 Å². The molecule has 6 rings (SSSR count). The molecular formula is C79H186N20O. The van der Waals surface area contributed by atoms with Gasteiger partial charge < -0.3 is 110 Å². The Morgan fingerprint density at radius 1 is 0.430 bits per heavy atom. The number of hydrogen-bond donors (Lipinski definition) is 16. The molecule has 1 aliphatic carbocycles. The molecule has 5 saturated heterocycles.